The van der Waals surface area contributed by atoms with Crippen molar-refractivity contribution in [2.75, 3.05) is 11.9 Å². The second-order valence-electron chi connectivity index (χ2n) is 6.16. The van der Waals surface area contributed by atoms with E-state index in [9.17, 15) is 13.2 Å². The van der Waals surface area contributed by atoms with Gasteiger partial charge in [-0.15, -0.1) is 11.3 Å². The number of carbonyl (C=O) groups is 1. The number of sulfonamides is 1. The Hall–Kier alpha value is -1.52. The number of hydrogen-bond acceptors (Lipinski definition) is 6. The van der Waals surface area contributed by atoms with Crippen LogP contribution in [0.5, 0.6) is 0 Å². The number of hydrogen-bond donors (Lipinski definition) is 1. The van der Waals surface area contributed by atoms with Gasteiger partial charge in [0.1, 0.15) is 10.3 Å². The Morgan fingerprint density at radius 2 is 2.00 bits per heavy atom. The first-order valence-corrected chi connectivity index (χ1v) is 11.8. The molecule has 1 amide bonds. The Balaban J connectivity index is 1.59. The van der Waals surface area contributed by atoms with E-state index in [0.29, 0.717) is 22.4 Å². The van der Waals surface area contributed by atoms with Gasteiger partial charge in [-0.3, -0.25) is 4.79 Å². The van der Waals surface area contributed by atoms with E-state index >= 15 is 0 Å². The SMILES string of the molecule is O=C(Nc1nc2ccccc2s1)C1CCCCN1S(=O)(=O)c1ccc(Cl)s1. The molecule has 0 radical (unpaired) electrons. The van der Waals surface area contributed by atoms with E-state index in [4.69, 9.17) is 11.6 Å². The maximum absolute atomic E-state index is 13.0. The number of fused-ring (bicyclic) bond motifs is 1. The molecule has 1 N–H and O–H groups in total. The lowest BCUT2D eigenvalue weighted by atomic mass is 10.0. The number of rotatable bonds is 4. The van der Waals surface area contributed by atoms with Gasteiger partial charge in [-0.05, 0) is 37.1 Å². The van der Waals surface area contributed by atoms with E-state index in [-0.39, 0.29) is 10.1 Å². The number of benzene rings is 1. The predicted molar refractivity (Wildman–Crippen MR) is 109 cm³/mol. The fourth-order valence-electron chi connectivity index (χ4n) is 3.12. The summed E-state index contributed by atoms with van der Waals surface area (Å²) in [6.07, 6.45) is 2.01. The van der Waals surface area contributed by atoms with Gasteiger partial charge in [-0.2, -0.15) is 4.31 Å². The van der Waals surface area contributed by atoms with Gasteiger partial charge in [-0.25, -0.2) is 13.4 Å². The van der Waals surface area contributed by atoms with Crippen molar-refractivity contribution in [3.8, 4) is 0 Å². The van der Waals surface area contributed by atoms with Crippen LogP contribution in [0.3, 0.4) is 0 Å². The highest BCUT2D eigenvalue weighted by Gasteiger charge is 2.38. The number of para-hydroxylation sites is 1. The number of amides is 1. The molecule has 0 bridgehead atoms. The number of thiazole rings is 1. The first kappa shape index (κ1) is 18.8. The van der Waals surface area contributed by atoms with Crippen molar-refractivity contribution in [3.05, 3.63) is 40.7 Å². The van der Waals surface area contributed by atoms with Crippen molar-refractivity contribution in [1.29, 1.82) is 0 Å². The van der Waals surface area contributed by atoms with Crippen LogP contribution in [0.25, 0.3) is 10.2 Å². The first-order valence-electron chi connectivity index (χ1n) is 8.39. The van der Waals surface area contributed by atoms with Gasteiger partial charge in [0.25, 0.3) is 10.0 Å². The number of nitrogens with zero attached hydrogens (tertiary/aromatic N) is 2. The van der Waals surface area contributed by atoms with Gasteiger partial charge < -0.3 is 5.32 Å². The second kappa shape index (κ2) is 7.48. The minimum absolute atomic E-state index is 0.159. The highest BCUT2D eigenvalue weighted by Crippen LogP contribution is 2.32. The zero-order chi connectivity index (χ0) is 19.0. The fraction of sp³-hybridized carbons (Fsp3) is 0.294. The average Bonchev–Trinajstić information content (AvgIpc) is 3.27. The second-order valence-corrected chi connectivity index (χ2v) is 11.0. The molecule has 1 atom stereocenters. The normalized spacial score (nSPS) is 18.6. The Morgan fingerprint density at radius 3 is 2.74 bits per heavy atom. The zero-order valence-corrected chi connectivity index (χ0v) is 17.3. The number of piperidine rings is 1. The van der Waals surface area contributed by atoms with Crippen molar-refractivity contribution in [1.82, 2.24) is 9.29 Å². The molecule has 1 unspecified atom stereocenters. The van der Waals surface area contributed by atoms with Gasteiger partial charge in [0, 0.05) is 6.54 Å². The molecule has 1 fully saturated rings. The number of thiophene rings is 1. The van der Waals surface area contributed by atoms with Crippen LogP contribution in [-0.2, 0) is 14.8 Å². The molecule has 142 valence electrons. The third-order valence-corrected chi connectivity index (χ3v) is 8.95. The minimum atomic E-state index is -3.76. The van der Waals surface area contributed by atoms with Crippen molar-refractivity contribution in [2.24, 2.45) is 0 Å². The number of carbonyl (C=O) groups excluding carboxylic acids is 1. The van der Waals surface area contributed by atoms with E-state index < -0.39 is 16.1 Å². The van der Waals surface area contributed by atoms with Crippen LogP contribution in [0.4, 0.5) is 5.13 Å². The van der Waals surface area contributed by atoms with E-state index in [1.807, 2.05) is 24.3 Å². The van der Waals surface area contributed by atoms with E-state index in [1.54, 1.807) is 6.07 Å². The summed E-state index contributed by atoms with van der Waals surface area (Å²) in [5, 5.41) is 3.27. The van der Waals surface area contributed by atoms with E-state index in [2.05, 4.69) is 10.3 Å². The molecule has 3 heterocycles. The standard InChI is InChI=1S/C17H16ClN3O3S3/c18-14-8-9-15(26-14)27(23,24)21-10-4-3-6-12(21)16(22)20-17-19-11-5-1-2-7-13(11)25-17/h1-2,5,7-9,12H,3-4,6,10H2,(H,19,20,22). The molecular weight excluding hydrogens is 426 g/mol. The Morgan fingerprint density at radius 1 is 1.19 bits per heavy atom. The lowest BCUT2D eigenvalue weighted by molar-refractivity contribution is -0.120. The minimum Gasteiger partial charge on any atom is -0.301 e. The fourth-order valence-corrected chi connectivity index (χ4v) is 7.26. The molecule has 0 aliphatic carbocycles. The van der Waals surface area contributed by atoms with Gasteiger partial charge in [0.2, 0.25) is 5.91 Å². The summed E-state index contributed by atoms with van der Waals surface area (Å²) in [5.41, 5.74) is 0.805. The van der Waals surface area contributed by atoms with Crippen molar-refractivity contribution < 1.29 is 13.2 Å². The largest absolute Gasteiger partial charge is 0.301 e. The molecule has 2 aromatic heterocycles. The number of nitrogens with one attached hydrogen (secondary N) is 1. The van der Waals surface area contributed by atoms with Gasteiger partial charge in [0.15, 0.2) is 5.13 Å². The highest BCUT2D eigenvalue weighted by atomic mass is 35.5. The molecule has 1 aliphatic heterocycles. The third kappa shape index (κ3) is 3.74. The van der Waals surface area contributed by atoms with Crippen LogP contribution in [0.15, 0.2) is 40.6 Å². The summed E-state index contributed by atoms with van der Waals surface area (Å²) in [5.74, 6) is -0.347. The molecule has 10 heteroatoms. The number of halogens is 1. The zero-order valence-electron chi connectivity index (χ0n) is 14.1. The topological polar surface area (TPSA) is 79.4 Å². The van der Waals surface area contributed by atoms with Gasteiger partial charge >= 0.3 is 0 Å². The summed E-state index contributed by atoms with van der Waals surface area (Å²) < 4.78 is 28.8. The Bertz CT molecular complexity index is 1060. The predicted octanol–water partition coefficient (Wildman–Crippen LogP) is 4.19. The van der Waals surface area contributed by atoms with Crippen LogP contribution >= 0.6 is 34.3 Å². The van der Waals surface area contributed by atoms with Gasteiger partial charge in [0.05, 0.1) is 14.6 Å². The van der Waals surface area contributed by atoms with E-state index in [1.165, 1.54) is 21.7 Å². The molecule has 6 nitrogen and oxygen atoms in total. The molecule has 4 rings (SSSR count). The van der Waals surface area contributed by atoms with E-state index in [0.717, 1.165) is 34.4 Å². The van der Waals surface area contributed by atoms with Crippen molar-refractivity contribution in [2.45, 2.75) is 29.5 Å². The molecule has 0 saturated carbocycles. The quantitative estimate of drug-likeness (QED) is 0.658. The third-order valence-electron chi connectivity index (χ3n) is 4.39. The van der Waals surface area contributed by atoms with Crippen LogP contribution in [0.2, 0.25) is 4.34 Å². The van der Waals surface area contributed by atoms with Crippen LogP contribution in [0, 0.1) is 0 Å². The monoisotopic (exact) mass is 441 g/mol. The summed E-state index contributed by atoms with van der Waals surface area (Å²) in [4.78, 5) is 17.3. The average molecular weight is 442 g/mol. The number of anilines is 1. The molecule has 27 heavy (non-hydrogen) atoms. The first-order chi connectivity index (χ1) is 12.9. The van der Waals surface area contributed by atoms with Crippen LogP contribution in [0.1, 0.15) is 19.3 Å². The molecule has 1 aromatic carbocycles. The lowest BCUT2D eigenvalue weighted by Crippen LogP contribution is -2.49. The summed E-state index contributed by atoms with van der Waals surface area (Å²) in [6, 6.07) is 9.89. The smallest absolute Gasteiger partial charge is 0.253 e. The molecule has 0 spiro atoms. The maximum Gasteiger partial charge on any atom is 0.253 e. The molecule has 3 aromatic rings. The lowest BCUT2D eigenvalue weighted by Gasteiger charge is -2.32. The molecular formula is C17H16ClN3O3S3. The summed E-state index contributed by atoms with van der Waals surface area (Å²) in [6.45, 7) is 0.315. The van der Waals surface area contributed by atoms with Crippen molar-refractivity contribution in [3.63, 3.8) is 0 Å². The Labute approximate surface area is 169 Å². The summed E-state index contributed by atoms with van der Waals surface area (Å²) >= 11 is 8.27. The van der Waals surface area contributed by atoms with Crippen molar-refractivity contribution >= 4 is 65.6 Å². The summed E-state index contributed by atoms with van der Waals surface area (Å²) in [7, 11) is -3.76. The van der Waals surface area contributed by atoms with Gasteiger partial charge in [-0.1, -0.05) is 41.5 Å². The number of aromatic nitrogens is 1. The molecule has 1 saturated heterocycles. The maximum atomic E-state index is 13.0. The highest BCUT2D eigenvalue weighted by molar-refractivity contribution is 7.91. The van der Waals surface area contributed by atoms with Crippen LogP contribution in [-0.4, -0.2) is 36.2 Å². The molecule has 1 aliphatic rings. The van der Waals surface area contributed by atoms with Crippen LogP contribution < -0.4 is 5.32 Å². The Kier molecular flexibility index (Phi) is 5.21.